The largest absolute Gasteiger partial charge is 0.498 e. The first kappa shape index (κ1) is 24.4. The van der Waals surface area contributed by atoms with Gasteiger partial charge in [-0.2, -0.15) is 0 Å². The van der Waals surface area contributed by atoms with Crippen LogP contribution in [0.15, 0.2) is 17.6 Å². The van der Waals surface area contributed by atoms with Gasteiger partial charge in [-0.25, -0.2) is 9.97 Å². The van der Waals surface area contributed by atoms with Gasteiger partial charge in [0.05, 0.1) is 17.8 Å². The van der Waals surface area contributed by atoms with E-state index in [1.165, 1.54) is 0 Å². The number of nitrogens with zero attached hydrogens (tertiary/aromatic N) is 3. The van der Waals surface area contributed by atoms with Gasteiger partial charge >= 0.3 is 7.12 Å². The Kier molecular flexibility index (Phi) is 8.02. The predicted octanol–water partition coefficient (Wildman–Crippen LogP) is 1.38. The van der Waals surface area contributed by atoms with Gasteiger partial charge in [0.2, 0.25) is 0 Å². The van der Waals surface area contributed by atoms with E-state index in [1.807, 2.05) is 27.7 Å². The van der Waals surface area contributed by atoms with Crippen LogP contribution in [0.5, 0.6) is 0 Å². The SMILES string of the molecule is CC1(C)OB(c2cnc(SCCCC3CCCCN3C(=O)C(O)CO)nc2)OC1(C)C. The summed E-state index contributed by atoms with van der Waals surface area (Å²) in [5.41, 5.74) is 0.0149. The fourth-order valence-electron chi connectivity index (χ4n) is 3.84. The molecule has 10 heteroatoms. The van der Waals surface area contributed by atoms with Crippen molar-refractivity contribution in [1.82, 2.24) is 14.9 Å². The van der Waals surface area contributed by atoms with Crippen LogP contribution in [0.3, 0.4) is 0 Å². The van der Waals surface area contributed by atoms with Crippen molar-refractivity contribution >= 4 is 30.3 Å². The zero-order valence-electron chi connectivity index (χ0n) is 18.9. The Morgan fingerprint density at radius 2 is 1.90 bits per heavy atom. The summed E-state index contributed by atoms with van der Waals surface area (Å²) in [6.45, 7) is 8.19. The van der Waals surface area contributed by atoms with Gasteiger partial charge < -0.3 is 24.4 Å². The molecule has 3 rings (SSSR count). The maximum atomic E-state index is 12.3. The number of carbonyl (C=O) groups excluding carboxylic acids is 1. The number of aromatic nitrogens is 2. The molecular formula is C21H34BN3O5S. The minimum absolute atomic E-state index is 0.120. The molecule has 1 amide bonds. The van der Waals surface area contributed by atoms with Crippen molar-refractivity contribution in [1.29, 1.82) is 0 Å². The van der Waals surface area contributed by atoms with Gasteiger partial charge in [0, 0.05) is 36.2 Å². The van der Waals surface area contributed by atoms with E-state index in [9.17, 15) is 9.90 Å². The van der Waals surface area contributed by atoms with Gasteiger partial charge in [-0.1, -0.05) is 11.8 Å². The lowest BCUT2D eigenvalue weighted by Crippen LogP contribution is -2.49. The first-order valence-electron chi connectivity index (χ1n) is 11.0. The van der Waals surface area contributed by atoms with Crippen LogP contribution in [0.2, 0.25) is 0 Å². The minimum atomic E-state index is -1.31. The summed E-state index contributed by atoms with van der Waals surface area (Å²) in [5.74, 6) is 0.484. The van der Waals surface area contributed by atoms with Crippen LogP contribution in [0.1, 0.15) is 59.8 Å². The van der Waals surface area contributed by atoms with Gasteiger partial charge in [-0.15, -0.1) is 0 Å². The average molecular weight is 451 g/mol. The van der Waals surface area contributed by atoms with Crippen LogP contribution < -0.4 is 5.46 Å². The quantitative estimate of drug-likeness (QED) is 0.264. The molecule has 8 nitrogen and oxygen atoms in total. The molecule has 172 valence electrons. The Labute approximate surface area is 189 Å². The molecule has 0 spiro atoms. The summed E-state index contributed by atoms with van der Waals surface area (Å²) in [4.78, 5) is 22.9. The maximum Gasteiger partial charge on any atom is 0.498 e. The number of aliphatic hydroxyl groups is 2. The number of hydrogen-bond donors (Lipinski definition) is 2. The number of carbonyl (C=O) groups is 1. The summed E-state index contributed by atoms with van der Waals surface area (Å²) < 4.78 is 12.1. The minimum Gasteiger partial charge on any atom is -0.399 e. The van der Waals surface area contributed by atoms with E-state index >= 15 is 0 Å². The molecule has 31 heavy (non-hydrogen) atoms. The lowest BCUT2D eigenvalue weighted by atomic mass is 9.81. The highest BCUT2D eigenvalue weighted by atomic mass is 32.2. The molecule has 2 N–H and O–H groups in total. The highest BCUT2D eigenvalue weighted by molar-refractivity contribution is 7.99. The van der Waals surface area contributed by atoms with E-state index < -0.39 is 31.0 Å². The van der Waals surface area contributed by atoms with Crippen molar-refractivity contribution < 1.29 is 24.3 Å². The smallest absolute Gasteiger partial charge is 0.399 e. The summed E-state index contributed by atoms with van der Waals surface area (Å²) in [6.07, 6.45) is 6.95. The molecule has 0 saturated carbocycles. The summed E-state index contributed by atoms with van der Waals surface area (Å²) >= 11 is 1.58. The Bertz CT molecular complexity index is 733. The second-order valence-corrected chi connectivity index (χ2v) is 10.3. The number of amides is 1. The Hall–Kier alpha value is -1.20. The van der Waals surface area contributed by atoms with Crippen molar-refractivity contribution in [3.63, 3.8) is 0 Å². The monoisotopic (exact) mass is 451 g/mol. The molecule has 2 unspecified atom stereocenters. The van der Waals surface area contributed by atoms with Crippen LogP contribution in [0.4, 0.5) is 0 Å². The molecule has 2 saturated heterocycles. The molecule has 1 aromatic rings. The molecule has 0 aromatic carbocycles. The van der Waals surface area contributed by atoms with Crippen molar-refractivity contribution in [2.75, 3.05) is 18.9 Å². The number of thioether (sulfide) groups is 1. The summed E-state index contributed by atoms with van der Waals surface area (Å²) in [5, 5.41) is 19.5. The van der Waals surface area contributed by atoms with E-state index in [0.717, 1.165) is 43.3 Å². The van der Waals surface area contributed by atoms with E-state index in [-0.39, 0.29) is 11.9 Å². The summed E-state index contributed by atoms with van der Waals surface area (Å²) in [7, 11) is -0.465. The van der Waals surface area contributed by atoms with Crippen molar-refractivity contribution in [3.05, 3.63) is 12.4 Å². The fraction of sp³-hybridized carbons (Fsp3) is 0.762. The highest BCUT2D eigenvalue weighted by Gasteiger charge is 2.51. The zero-order chi connectivity index (χ0) is 22.6. The van der Waals surface area contributed by atoms with Gasteiger partial charge in [0.15, 0.2) is 11.3 Å². The number of aliphatic hydroxyl groups excluding tert-OH is 2. The lowest BCUT2D eigenvalue weighted by Gasteiger charge is -2.36. The standard InChI is InChI=1S/C21H34BN3O5S/c1-20(2)21(3,4)30-22(29-20)15-12-23-19(24-13-15)31-11-7-9-16-8-5-6-10-25(16)18(28)17(27)14-26/h12-13,16-17,26-27H,5-11,14H2,1-4H3. The number of piperidine rings is 1. The molecule has 0 radical (unpaired) electrons. The van der Waals surface area contributed by atoms with Crippen LogP contribution in [-0.4, -0.2) is 80.4 Å². The van der Waals surface area contributed by atoms with Crippen LogP contribution in [0.25, 0.3) is 0 Å². The first-order chi connectivity index (χ1) is 14.6. The third kappa shape index (κ3) is 5.79. The Balaban J connectivity index is 1.46. The second-order valence-electron chi connectivity index (χ2n) is 9.26. The van der Waals surface area contributed by atoms with Crippen LogP contribution in [-0.2, 0) is 14.1 Å². The second kappa shape index (κ2) is 10.2. The lowest BCUT2D eigenvalue weighted by molar-refractivity contribution is -0.146. The van der Waals surface area contributed by atoms with Crippen molar-refractivity contribution in [2.45, 2.75) is 88.3 Å². The topological polar surface area (TPSA) is 105 Å². The molecule has 2 aliphatic heterocycles. The fourth-order valence-corrected chi connectivity index (χ4v) is 4.59. The van der Waals surface area contributed by atoms with Crippen LogP contribution in [0, 0.1) is 0 Å². The number of hydrogen-bond acceptors (Lipinski definition) is 8. The van der Waals surface area contributed by atoms with E-state index in [2.05, 4.69) is 9.97 Å². The third-order valence-corrected chi connectivity index (χ3v) is 7.42. The normalized spacial score (nSPS) is 23.7. The summed E-state index contributed by atoms with van der Waals surface area (Å²) in [6, 6.07) is 0.120. The molecule has 0 bridgehead atoms. The van der Waals surface area contributed by atoms with Gasteiger partial charge in [-0.3, -0.25) is 4.79 Å². The number of likely N-dealkylation sites (tertiary alicyclic amines) is 1. The van der Waals surface area contributed by atoms with E-state index in [4.69, 9.17) is 14.4 Å². The predicted molar refractivity (Wildman–Crippen MR) is 120 cm³/mol. The molecule has 3 heterocycles. The first-order valence-corrected chi connectivity index (χ1v) is 12.0. The number of rotatable bonds is 8. The molecule has 2 fully saturated rings. The average Bonchev–Trinajstić information content (AvgIpc) is 2.97. The van der Waals surface area contributed by atoms with Crippen molar-refractivity contribution in [3.8, 4) is 0 Å². The highest BCUT2D eigenvalue weighted by Crippen LogP contribution is 2.36. The molecule has 0 aliphatic carbocycles. The molecule has 2 atom stereocenters. The van der Waals surface area contributed by atoms with E-state index in [1.54, 1.807) is 29.1 Å². The molecule has 2 aliphatic rings. The molecular weight excluding hydrogens is 417 g/mol. The zero-order valence-corrected chi connectivity index (χ0v) is 19.7. The van der Waals surface area contributed by atoms with E-state index in [0.29, 0.717) is 11.7 Å². The molecule has 1 aromatic heterocycles. The Morgan fingerprint density at radius 3 is 2.52 bits per heavy atom. The Morgan fingerprint density at radius 1 is 1.26 bits per heavy atom. The van der Waals surface area contributed by atoms with Gasteiger partial charge in [-0.05, 0) is 59.8 Å². The third-order valence-electron chi connectivity index (χ3n) is 6.45. The maximum absolute atomic E-state index is 12.3. The van der Waals surface area contributed by atoms with Crippen LogP contribution >= 0.6 is 11.8 Å². The van der Waals surface area contributed by atoms with Gasteiger partial charge in [0.25, 0.3) is 5.91 Å². The van der Waals surface area contributed by atoms with Gasteiger partial charge in [0.1, 0.15) is 0 Å². The van der Waals surface area contributed by atoms with Crippen molar-refractivity contribution in [2.24, 2.45) is 0 Å².